The smallest absolute Gasteiger partial charge is 0.310 e. The van der Waals surface area contributed by atoms with E-state index < -0.39 is 0 Å². The van der Waals surface area contributed by atoms with Gasteiger partial charge >= 0.3 is 5.97 Å². The van der Waals surface area contributed by atoms with Crippen LogP contribution in [0.15, 0.2) is 10.8 Å². The maximum Gasteiger partial charge on any atom is 0.310 e. The molecule has 0 saturated carbocycles. The topological polar surface area (TPSA) is 43.4 Å². The Morgan fingerprint density at radius 2 is 2.23 bits per heavy atom. The quantitative estimate of drug-likeness (QED) is 0.645. The van der Waals surface area contributed by atoms with Crippen LogP contribution in [0.3, 0.4) is 0 Å². The molecule has 0 amide bonds. The highest BCUT2D eigenvalue weighted by Crippen LogP contribution is 2.25. The third kappa shape index (κ3) is 2.56. The summed E-state index contributed by atoms with van der Waals surface area (Å²) in [7, 11) is 0. The Bertz CT molecular complexity index is 268. The van der Waals surface area contributed by atoms with Crippen molar-refractivity contribution in [2.75, 3.05) is 0 Å². The fourth-order valence-electron chi connectivity index (χ4n) is 1.09. The molecule has 0 spiro atoms. The summed E-state index contributed by atoms with van der Waals surface area (Å²) < 4.78 is 4.91. The van der Waals surface area contributed by atoms with E-state index in [-0.39, 0.29) is 16.8 Å². The number of carbonyl (C=O) groups is 2. The largest absolute Gasteiger partial charge is 0.429 e. The Morgan fingerprint density at radius 3 is 2.85 bits per heavy atom. The van der Waals surface area contributed by atoms with E-state index in [9.17, 15) is 9.59 Å². The van der Waals surface area contributed by atoms with Crippen LogP contribution < -0.4 is 0 Å². The minimum Gasteiger partial charge on any atom is -0.429 e. The van der Waals surface area contributed by atoms with Gasteiger partial charge in [-0.05, 0) is 6.42 Å². The second-order valence-corrected chi connectivity index (χ2v) is 3.22. The van der Waals surface area contributed by atoms with Crippen LogP contribution in [0.2, 0.25) is 0 Å². The highest BCUT2D eigenvalue weighted by Gasteiger charge is 2.21. The molecule has 0 heterocycles. The molecule has 72 valence electrons. The maximum atomic E-state index is 11.1. The molecular weight excluding hydrogens is 192 g/mol. The molecule has 0 saturated heterocycles. The highest BCUT2D eigenvalue weighted by molar-refractivity contribution is 6.43. The monoisotopic (exact) mass is 202 g/mol. The molecule has 0 fully saturated rings. The van der Waals surface area contributed by atoms with Crippen LogP contribution in [0.25, 0.3) is 0 Å². The number of esters is 1. The fourth-order valence-corrected chi connectivity index (χ4v) is 1.32. The number of carbonyl (C=O) groups excluding carboxylic acids is 2. The number of hydrogen-bond donors (Lipinski definition) is 0. The van der Waals surface area contributed by atoms with Gasteiger partial charge in [-0.25, -0.2) is 0 Å². The van der Waals surface area contributed by atoms with Crippen molar-refractivity contribution in [2.45, 2.75) is 32.6 Å². The lowest BCUT2D eigenvalue weighted by Crippen LogP contribution is -2.12. The van der Waals surface area contributed by atoms with E-state index in [1.54, 1.807) is 6.92 Å². The lowest BCUT2D eigenvalue weighted by Gasteiger charge is -2.14. The van der Waals surface area contributed by atoms with Gasteiger partial charge in [0.25, 0.3) is 0 Å². The molecule has 4 heteroatoms. The summed E-state index contributed by atoms with van der Waals surface area (Å²) in [5.74, 6) is -0.139. The molecule has 0 aromatic rings. The number of rotatable bonds is 2. The van der Waals surface area contributed by atoms with E-state index in [0.29, 0.717) is 31.4 Å². The molecule has 0 atom stereocenters. The number of ether oxygens (including phenoxy) is 1. The van der Waals surface area contributed by atoms with Gasteiger partial charge in [0.05, 0.1) is 0 Å². The Labute approximate surface area is 81.7 Å². The van der Waals surface area contributed by atoms with Crippen molar-refractivity contribution in [3.8, 4) is 0 Å². The number of ketones is 1. The minimum absolute atomic E-state index is 0.0908. The van der Waals surface area contributed by atoms with Crippen molar-refractivity contribution in [3.63, 3.8) is 0 Å². The van der Waals surface area contributed by atoms with E-state index in [1.807, 2.05) is 0 Å². The molecule has 13 heavy (non-hydrogen) atoms. The predicted octanol–water partition coefficient (Wildman–Crippen LogP) is 2.14. The van der Waals surface area contributed by atoms with Crippen LogP contribution in [0, 0.1) is 0 Å². The minimum atomic E-state index is -0.345. The van der Waals surface area contributed by atoms with Gasteiger partial charge in [0.2, 0.25) is 0 Å². The van der Waals surface area contributed by atoms with Gasteiger partial charge in [0, 0.05) is 19.3 Å². The van der Waals surface area contributed by atoms with Gasteiger partial charge in [-0.2, -0.15) is 0 Å². The Kier molecular flexibility index (Phi) is 3.48. The van der Waals surface area contributed by atoms with Crippen LogP contribution in [0.5, 0.6) is 0 Å². The van der Waals surface area contributed by atoms with Gasteiger partial charge in [0.1, 0.15) is 10.8 Å². The van der Waals surface area contributed by atoms with Gasteiger partial charge < -0.3 is 4.74 Å². The summed E-state index contributed by atoms with van der Waals surface area (Å²) in [6.07, 6.45) is 2.03. The van der Waals surface area contributed by atoms with Crippen molar-refractivity contribution in [2.24, 2.45) is 0 Å². The van der Waals surface area contributed by atoms with Gasteiger partial charge in [-0.3, -0.25) is 9.59 Å². The molecule has 0 bridgehead atoms. The molecule has 0 radical (unpaired) electrons. The standard InChI is InChI=1S/C9H11ClO3/c1-2-8(12)13-7-5-3-4-6(11)9(7)10/h2-5H2,1H3. The lowest BCUT2D eigenvalue weighted by molar-refractivity contribution is -0.139. The normalized spacial score (nSPS) is 17.5. The molecule has 0 N–H and O–H groups in total. The van der Waals surface area contributed by atoms with E-state index in [0.717, 1.165) is 0 Å². The molecule has 1 aliphatic rings. The molecule has 0 aromatic heterocycles. The zero-order valence-corrected chi connectivity index (χ0v) is 8.19. The third-order valence-corrected chi connectivity index (χ3v) is 2.24. The van der Waals surface area contributed by atoms with Crippen LogP contribution in [0.4, 0.5) is 0 Å². The Morgan fingerprint density at radius 1 is 1.54 bits per heavy atom. The van der Waals surface area contributed by atoms with Crippen LogP contribution in [-0.2, 0) is 14.3 Å². The summed E-state index contributed by atoms with van der Waals surface area (Å²) in [4.78, 5) is 22.0. The zero-order valence-electron chi connectivity index (χ0n) is 7.43. The first-order valence-corrected chi connectivity index (χ1v) is 4.65. The summed E-state index contributed by atoms with van der Waals surface area (Å²) in [6.45, 7) is 1.70. The van der Waals surface area contributed by atoms with Crippen molar-refractivity contribution in [1.29, 1.82) is 0 Å². The first-order chi connectivity index (χ1) is 6.15. The average Bonchev–Trinajstić information content (AvgIpc) is 2.13. The highest BCUT2D eigenvalue weighted by atomic mass is 35.5. The first-order valence-electron chi connectivity index (χ1n) is 4.27. The molecule has 3 nitrogen and oxygen atoms in total. The fraction of sp³-hybridized carbons (Fsp3) is 0.556. The molecular formula is C9H11ClO3. The Hall–Kier alpha value is -0.830. The number of halogens is 1. The predicted molar refractivity (Wildman–Crippen MR) is 48.1 cm³/mol. The van der Waals surface area contributed by atoms with Crippen molar-refractivity contribution in [3.05, 3.63) is 10.8 Å². The van der Waals surface area contributed by atoms with Crippen molar-refractivity contribution >= 4 is 23.4 Å². The molecule has 0 aliphatic heterocycles. The van der Waals surface area contributed by atoms with Crippen molar-refractivity contribution < 1.29 is 14.3 Å². The molecule has 1 rings (SSSR count). The van der Waals surface area contributed by atoms with E-state index in [4.69, 9.17) is 16.3 Å². The van der Waals surface area contributed by atoms with E-state index in [1.165, 1.54) is 0 Å². The summed E-state index contributed by atoms with van der Waals surface area (Å²) >= 11 is 5.69. The zero-order chi connectivity index (χ0) is 9.84. The Balaban J connectivity index is 2.71. The van der Waals surface area contributed by atoms with Gasteiger partial charge in [-0.15, -0.1) is 0 Å². The number of hydrogen-bond acceptors (Lipinski definition) is 3. The number of allylic oxidation sites excluding steroid dienone is 2. The summed E-state index contributed by atoms with van der Waals surface area (Å²) in [5.41, 5.74) is 0. The third-order valence-electron chi connectivity index (χ3n) is 1.82. The van der Waals surface area contributed by atoms with Crippen LogP contribution >= 0.6 is 11.6 Å². The van der Waals surface area contributed by atoms with E-state index >= 15 is 0 Å². The van der Waals surface area contributed by atoms with Gasteiger partial charge in [-0.1, -0.05) is 18.5 Å². The molecule has 0 aromatic carbocycles. The summed E-state index contributed by atoms with van der Waals surface area (Å²) in [6, 6.07) is 0. The number of Topliss-reactive ketones (excluding diaryl/α,β-unsaturated/α-hetero) is 1. The van der Waals surface area contributed by atoms with Crippen LogP contribution in [0.1, 0.15) is 32.6 Å². The molecule has 1 aliphatic carbocycles. The van der Waals surface area contributed by atoms with Crippen LogP contribution in [-0.4, -0.2) is 11.8 Å². The van der Waals surface area contributed by atoms with E-state index in [2.05, 4.69) is 0 Å². The first kappa shape index (κ1) is 10.3. The maximum absolute atomic E-state index is 11.1. The van der Waals surface area contributed by atoms with Crippen molar-refractivity contribution in [1.82, 2.24) is 0 Å². The molecule has 0 unspecified atom stereocenters. The average molecular weight is 203 g/mol. The summed E-state index contributed by atoms with van der Waals surface area (Å²) in [5, 5.41) is 0.0908. The SMILES string of the molecule is CCC(=O)OC1=C(Cl)C(=O)CCC1. The second kappa shape index (κ2) is 4.42. The second-order valence-electron chi connectivity index (χ2n) is 2.84. The van der Waals surface area contributed by atoms with Gasteiger partial charge in [0.15, 0.2) is 5.78 Å². The lowest BCUT2D eigenvalue weighted by atomic mass is 10.0.